The zero-order valence-corrected chi connectivity index (χ0v) is 11.2. The highest BCUT2D eigenvalue weighted by Gasteiger charge is 2.37. The molecular formula is C15H20O3. The molecule has 0 saturated carbocycles. The predicted octanol–water partition coefficient (Wildman–Crippen LogP) is 3.35. The lowest BCUT2D eigenvalue weighted by molar-refractivity contribution is -0.141. The molecule has 1 aromatic rings. The first-order chi connectivity index (χ1) is 8.61. The molecule has 18 heavy (non-hydrogen) atoms. The highest BCUT2D eigenvalue weighted by Crippen LogP contribution is 2.42. The number of para-hydroxylation sites is 1. The molecule has 0 radical (unpaired) electrons. The van der Waals surface area contributed by atoms with Gasteiger partial charge in [0, 0.05) is 11.5 Å². The predicted molar refractivity (Wildman–Crippen MR) is 69.4 cm³/mol. The fraction of sp³-hybridized carbons (Fsp3) is 0.533. The molecule has 2 atom stereocenters. The molecule has 0 spiro atoms. The van der Waals surface area contributed by atoms with Crippen LogP contribution in [-0.2, 0) is 9.53 Å². The second kappa shape index (κ2) is 5.42. The maximum absolute atomic E-state index is 11.6. The molecule has 0 bridgehead atoms. The number of rotatable bonds is 4. The standard InChI is InChI=1S/C15H20O3/c1-10(2)8-11-9-14(16)18-15(11)12-6-4-5-7-13(12)17-3/h4-7,10-11,15H,8-9H2,1-3H3/t11-,15-/m1/s1. The number of carbonyl (C=O) groups is 1. The Morgan fingerprint density at radius 1 is 1.39 bits per heavy atom. The second-order valence-corrected chi connectivity index (χ2v) is 5.25. The molecule has 98 valence electrons. The fourth-order valence-electron chi connectivity index (χ4n) is 2.64. The molecule has 1 fully saturated rings. The molecule has 0 unspecified atom stereocenters. The Balaban J connectivity index is 2.26. The molecule has 3 heteroatoms. The van der Waals surface area contributed by atoms with Crippen LogP contribution < -0.4 is 4.74 Å². The normalized spacial score (nSPS) is 23.2. The third-order valence-electron chi connectivity index (χ3n) is 3.34. The molecule has 0 N–H and O–H groups in total. The second-order valence-electron chi connectivity index (χ2n) is 5.25. The van der Waals surface area contributed by atoms with Gasteiger partial charge in [-0.3, -0.25) is 4.79 Å². The first kappa shape index (κ1) is 12.9. The minimum atomic E-state index is -0.156. The van der Waals surface area contributed by atoms with Crippen LogP contribution in [0.5, 0.6) is 5.75 Å². The monoisotopic (exact) mass is 248 g/mol. The van der Waals surface area contributed by atoms with E-state index in [-0.39, 0.29) is 18.0 Å². The average Bonchev–Trinajstić information content (AvgIpc) is 2.69. The molecule has 1 aromatic carbocycles. The summed E-state index contributed by atoms with van der Waals surface area (Å²) in [7, 11) is 1.65. The highest BCUT2D eigenvalue weighted by molar-refractivity contribution is 5.72. The van der Waals surface area contributed by atoms with Gasteiger partial charge in [-0.15, -0.1) is 0 Å². The molecule has 0 aliphatic carbocycles. The Kier molecular flexibility index (Phi) is 3.90. The van der Waals surface area contributed by atoms with E-state index in [1.807, 2.05) is 24.3 Å². The molecule has 2 rings (SSSR count). The Bertz CT molecular complexity index is 426. The van der Waals surface area contributed by atoms with Gasteiger partial charge in [0.25, 0.3) is 0 Å². The minimum Gasteiger partial charge on any atom is -0.496 e. The van der Waals surface area contributed by atoms with Gasteiger partial charge < -0.3 is 9.47 Å². The molecule has 3 nitrogen and oxygen atoms in total. The van der Waals surface area contributed by atoms with Crippen molar-refractivity contribution < 1.29 is 14.3 Å². The van der Waals surface area contributed by atoms with Crippen LogP contribution in [0.4, 0.5) is 0 Å². The lowest BCUT2D eigenvalue weighted by Gasteiger charge is -2.21. The summed E-state index contributed by atoms with van der Waals surface area (Å²) in [6.07, 6.45) is 1.35. The van der Waals surface area contributed by atoms with Gasteiger partial charge in [0.2, 0.25) is 0 Å². The fourth-order valence-corrected chi connectivity index (χ4v) is 2.64. The van der Waals surface area contributed by atoms with Crippen LogP contribution >= 0.6 is 0 Å². The van der Waals surface area contributed by atoms with E-state index >= 15 is 0 Å². The van der Waals surface area contributed by atoms with Gasteiger partial charge in [0.15, 0.2) is 0 Å². The van der Waals surface area contributed by atoms with Crippen LogP contribution in [0.2, 0.25) is 0 Å². The van der Waals surface area contributed by atoms with Crippen LogP contribution in [0.3, 0.4) is 0 Å². The molecular weight excluding hydrogens is 228 g/mol. The van der Waals surface area contributed by atoms with Gasteiger partial charge >= 0.3 is 5.97 Å². The summed E-state index contributed by atoms with van der Waals surface area (Å²) >= 11 is 0. The summed E-state index contributed by atoms with van der Waals surface area (Å²) < 4.78 is 10.8. The zero-order valence-electron chi connectivity index (χ0n) is 11.2. The SMILES string of the molecule is COc1ccccc1[C@@H]1OC(=O)C[C@H]1CC(C)C. The summed E-state index contributed by atoms with van der Waals surface area (Å²) in [6, 6.07) is 7.77. The number of methoxy groups -OCH3 is 1. The van der Waals surface area contributed by atoms with Crippen molar-refractivity contribution in [1.82, 2.24) is 0 Å². The lowest BCUT2D eigenvalue weighted by atomic mass is 9.87. The Morgan fingerprint density at radius 3 is 2.78 bits per heavy atom. The summed E-state index contributed by atoms with van der Waals surface area (Å²) in [5, 5.41) is 0. The number of hydrogen-bond acceptors (Lipinski definition) is 3. The number of hydrogen-bond donors (Lipinski definition) is 0. The first-order valence-corrected chi connectivity index (χ1v) is 6.44. The number of benzene rings is 1. The summed E-state index contributed by atoms with van der Waals surface area (Å²) in [4.78, 5) is 11.6. The third-order valence-corrected chi connectivity index (χ3v) is 3.34. The zero-order chi connectivity index (χ0) is 13.1. The molecule has 0 amide bonds. The van der Waals surface area contributed by atoms with E-state index < -0.39 is 0 Å². The summed E-state index contributed by atoms with van der Waals surface area (Å²) in [5.41, 5.74) is 0.983. The van der Waals surface area contributed by atoms with Crippen molar-refractivity contribution in [3.05, 3.63) is 29.8 Å². The summed E-state index contributed by atoms with van der Waals surface area (Å²) in [5.74, 6) is 1.51. The van der Waals surface area contributed by atoms with Gasteiger partial charge in [-0.1, -0.05) is 32.0 Å². The number of esters is 1. The van der Waals surface area contributed by atoms with Crippen molar-refractivity contribution in [3.63, 3.8) is 0 Å². The van der Waals surface area contributed by atoms with E-state index in [1.165, 1.54) is 0 Å². The average molecular weight is 248 g/mol. The molecule has 1 aliphatic heterocycles. The van der Waals surface area contributed by atoms with Crippen LogP contribution in [0.25, 0.3) is 0 Å². The van der Waals surface area contributed by atoms with Gasteiger partial charge in [0.05, 0.1) is 13.5 Å². The number of cyclic esters (lactones) is 1. The Labute approximate surface area is 108 Å². The van der Waals surface area contributed by atoms with Crippen LogP contribution in [-0.4, -0.2) is 13.1 Å². The first-order valence-electron chi connectivity index (χ1n) is 6.44. The highest BCUT2D eigenvalue weighted by atomic mass is 16.6. The van der Waals surface area contributed by atoms with E-state index in [9.17, 15) is 4.79 Å². The van der Waals surface area contributed by atoms with E-state index in [0.29, 0.717) is 12.3 Å². The van der Waals surface area contributed by atoms with E-state index in [2.05, 4.69) is 13.8 Å². The van der Waals surface area contributed by atoms with Crippen molar-refractivity contribution >= 4 is 5.97 Å². The van der Waals surface area contributed by atoms with Crippen LogP contribution in [0.15, 0.2) is 24.3 Å². The van der Waals surface area contributed by atoms with E-state index in [0.717, 1.165) is 17.7 Å². The van der Waals surface area contributed by atoms with E-state index in [1.54, 1.807) is 7.11 Å². The lowest BCUT2D eigenvalue weighted by Crippen LogP contribution is -2.11. The quantitative estimate of drug-likeness (QED) is 0.766. The van der Waals surface area contributed by atoms with Crippen LogP contribution in [0.1, 0.15) is 38.4 Å². The molecule has 1 saturated heterocycles. The molecule has 0 aromatic heterocycles. The van der Waals surface area contributed by atoms with Crippen molar-refractivity contribution in [2.24, 2.45) is 11.8 Å². The Morgan fingerprint density at radius 2 is 2.11 bits per heavy atom. The topological polar surface area (TPSA) is 35.5 Å². The molecule has 1 heterocycles. The van der Waals surface area contributed by atoms with Crippen molar-refractivity contribution in [3.8, 4) is 5.75 Å². The van der Waals surface area contributed by atoms with Crippen molar-refractivity contribution in [2.75, 3.05) is 7.11 Å². The number of ether oxygens (including phenoxy) is 2. The third kappa shape index (κ3) is 2.66. The van der Waals surface area contributed by atoms with Crippen LogP contribution in [0, 0.1) is 11.8 Å². The van der Waals surface area contributed by atoms with Crippen molar-refractivity contribution in [2.45, 2.75) is 32.8 Å². The maximum atomic E-state index is 11.6. The maximum Gasteiger partial charge on any atom is 0.306 e. The van der Waals surface area contributed by atoms with Gasteiger partial charge in [0.1, 0.15) is 11.9 Å². The minimum absolute atomic E-state index is 0.100. The van der Waals surface area contributed by atoms with Gasteiger partial charge in [-0.2, -0.15) is 0 Å². The number of carbonyl (C=O) groups excluding carboxylic acids is 1. The van der Waals surface area contributed by atoms with Gasteiger partial charge in [-0.05, 0) is 18.4 Å². The van der Waals surface area contributed by atoms with Crippen molar-refractivity contribution in [1.29, 1.82) is 0 Å². The molecule has 1 aliphatic rings. The summed E-state index contributed by atoms with van der Waals surface area (Å²) in [6.45, 7) is 4.34. The largest absolute Gasteiger partial charge is 0.496 e. The van der Waals surface area contributed by atoms with E-state index in [4.69, 9.17) is 9.47 Å². The Hall–Kier alpha value is -1.51. The van der Waals surface area contributed by atoms with Gasteiger partial charge in [-0.25, -0.2) is 0 Å². The smallest absolute Gasteiger partial charge is 0.306 e.